The summed E-state index contributed by atoms with van der Waals surface area (Å²) in [7, 11) is -9.48. The lowest BCUT2D eigenvalue weighted by molar-refractivity contribution is 0.477. The molecule has 0 saturated heterocycles. The van der Waals surface area contributed by atoms with Gasteiger partial charge in [0.05, 0.1) is 0 Å². The number of phenols is 1. The van der Waals surface area contributed by atoms with Crippen LogP contribution in [0.1, 0.15) is 0 Å². The minimum Gasteiger partial charge on any atom is -0.507 e. The van der Waals surface area contributed by atoms with E-state index >= 15 is 0 Å². The van der Waals surface area contributed by atoms with E-state index in [1.165, 1.54) is 12.1 Å². The molecule has 0 aliphatic heterocycles. The number of rotatable bonds is 2. The topological polar surface area (TPSA) is 129 Å². The molecule has 7 nitrogen and oxygen atoms in total. The first-order valence-corrected chi connectivity index (χ1v) is 7.62. The average molecular weight is 303 g/mol. The van der Waals surface area contributed by atoms with Gasteiger partial charge in [0, 0.05) is 16.8 Å². The zero-order chi connectivity index (χ0) is 14.4. The fourth-order valence-corrected chi connectivity index (χ4v) is 3.16. The van der Waals surface area contributed by atoms with E-state index in [9.17, 15) is 21.9 Å². The molecule has 2 rings (SSSR count). The number of phenolic OH excluding ortho intramolecular Hbond substituents is 1. The Morgan fingerprint density at radius 2 is 1.53 bits per heavy atom. The normalized spacial score (nSPS) is 12.7. The van der Waals surface area contributed by atoms with E-state index in [1.807, 2.05) is 0 Å². The summed E-state index contributed by atoms with van der Waals surface area (Å²) in [6, 6.07) is 6.27. The van der Waals surface area contributed by atoms with Crippen LogP contribution in [0.4, 0.5) is 0 Å². The molecule has 0 aliphatic carbocycles. The molecule has 0 unspecified atom stereocenters. The monoisotopic (exact) mass is 303 g/mol. The molecule has 101 valence electrons. The molecule has 0 aromatic heterocycles. The zero-order valence-corrected chi connectivity index (χ0v) is 10.7. The van der Waals surface area contributed by atoms with Gasteiger partial charge in [0.1, 0.15) is 15.5 Å². The van der Waals surface area contributed by atoms with Crippen LogP contribution in [0.25, 0.3) is 10.8 Å². The molecule has 0 fully saturated rings. The number of fused-ring (bicyclic) bond motifs is 1. The van der Waals surface area contributed by atoms with Crippen molar-refractivity contribution in [3.05, 3.63) is 30.3 Å². The lowest BCUT2D eigenvalue weighted by Crippen LogP contribution is -2.05. The Morgan fingerprint density at radius 1 is 0.947 bits per heavy atom. The molecule has 0 aliphatic rings. The second-order valence-electron chi connectivity index (χ2n) is 3.63. The molecule has 0 bridgehead atoms. The van der Waals surface area contributed by atoms with E-state index in [2.05, 4.69) is 6.07 Å². The lowest BCUT2D eigenvalue weighted by atomic mass is 10.1. The van der Waals surface area contributed by atoms with Crippen LogP contribution in [0, 0.1) is 6.07 Å². The van der Waals surface area contributed by atoms with E-state index in [0.717, 1.165) is 12.1 Å². The standard InChI is InChI=1S/C10H7O7S2/c11-7-4-5-9(19(15,16)17)10-6(7)2-1-3-8(10)18(12,13)14/h1-3,5,11H,(H,12,13,14)(H,15,16,17). The number of benzene rings is 2. The maximum Gasteiger partial charge on any atom is 0.295 e. The highest BCUT2D eigenvalue weighted by molar-refractivity contribution is 7.87. The fraction of sp³-hybridized carbons (Fsp3) is 0. The van der Waals surface area contributed by atoms with E-state index in [0.29, 0.717) is 0 Å². The van der Waals surface area contributed by atoms with Crippen LogP contribution in [-0.4, -0.2) is 31.0 Å². The highest BCUT2D eigenvalue weighted by Gasteiger charge is 2.23. The molecule has 0 amide bonds. The van der Waals surface area contributed by atoms with Crippen molar-refractivity contribution >= 4 is 31.0 Å². The summed E-state index contributed by atoms with van der Waals surface area (Å²) in [5, 5.41) is 8.87. The van der Waals surface area contributed by atoms with Gasteiger partial charge in [-0.25, -0.2) is 0 Å². The molecule has 19 heavy (non-hydrogen) atoms. The molecule has 2 aromatic carbocycles. The molecular weight excluding hydrogens is 296 g/mol. The summed E-state index contributed by atoms with van der Waals surface area (Å²) in [6.07, 6.45) is 0. The van der Waals surface area contributed by atoms with Crippen LogP contribution in [0.15, 0.2) is 34.1 Å². The van der Waals surface area contributed by atoms with Gasteiger partial charge in [0.15, 0.2) is 0 Å². The number of hydrogen-bond donors (Lipinski definition) is 3. The third-order valence-corrected chi connectivity index (χ3v) is 4.20. The van der Waals surface area contributed by atoms with Crippen LogP contribution in [-0.2, 0) is 20.2 Å². The van der Waals surface area contributed by atoms with Crippen molar-refractivity contribution in [2.75, 3.05) is 0 Å². The summed E-state index contributed by atoms with van der Waals surface area (Å²) in [5.41, 5.74) is 0. The first kappa shape index (κ1) is 13.7. The summed E-state index contributed by atoms with van der Waals surface area (Å²) in [6.45, 7) is 0. The van der Waals surface area contributed by atoms with Crippen LogP contribution < -0.4 is 0 Å². The third kappa shape index (κ3) is 2.40. The van der Waals surface area contributed by atoms with Crippen molar-refractivity contribution in [1.29, 1.82) is 0 Å². The fourth-order valence-electron chi connectivity index (χ4n) is 1.68. The van der Waals surface area contributed by atoms with Crippen LogP contribution >= 0.6 is 0 Å². The van der Waals surface area contributed by atoms with Gasteiger partial charge in [0.25, 0.3) is 20.2 Å². The van der Waals surface area contributed by atoms with Crippen molar-refractivity contribution in [3.63, 3.8) is 0 Å². The first-order chi connectivity index (χ1) is 8.62. The van der Waals surface area contributed by atoms with Gasteiger partial charge in [-0.3, -0.25) is 9.11 Å². The molecule has 9 heteroatoms. The van der Waals surface area contributed by atoms with Gasteiger partial charge < -0.3 is 5.11 Å². The van der Waals surface area contributed by atoms with Crippen LogP contribution in [0.3, 0.4) is 0 Å². The Kier molecular flexibility index (Phi) is 3.01. The average Bonchev–Trinajstić information content (AvgIpc) is 2.26. The maximum atomic E-state index is 11.2. The molecule has 3 N–H and O–H groups in total. The molecule has 0 heterocycles. The van der Waals surface area contributed by atoms with Crippen molar-refractivity contribution in [2.24, 2.45) is 0 Å². The Morgan fingerprint density at radius 3 is 2.05 bits per heavy atom. The van der Waals surface area contributed by atoms with Crippen molar-refractivity contribution in [3.8, 4) is 5.75 Å². The number of aromatic hydroxyl groups is 1. The van der Waals surface area contributed by atoms with E-state index < -0.39 is 41.2 Å². The Balaban J connectivity index is 3.15. The Hall–Kier alpha value is -1.68. The van der Waals surface area contributed by atoms with Gasteiger partial charge >= 0.3 is 0 Å². The highest BCUT2D eigenvalue weighted by Crippen LogP contribution is 2.34. The summed E-state index contributed by atoms with van der Waals surface area (Å²) >= 11 is 0. The largest absolute Gasteiger partial charge is 0.507 e. The Bertz CT molecular complexity index is 828. The second kappa shape index (κ2) is 4.17. The van der Waals surface area contributed by atoms with Gasteiger partial charge in [-0.05, 0) is 12.1 Å². The van der Waals surface area contributed by atoms with Crippen LogP contribution in [0.5, 0.6) is 5.75 Å². The summed E-state index contributed by atoms with van der Waals surface area (Å²) in [5.74, 6) is -0.507. The number of hydrogen-bond acceptors (Lipinski definition) is 5. The quantitative estimate of drug-likeness (QED) is 0.701. The summed E-state index contributed by atoms with van der Waals surface area (Å²) < 4.78 is 63.0. The van der Waals surface area contributed by atoms with Gasteiger partial charge in [0.2, 0.25) is 0 Å². The molecule has 0 atom stereocenters. The van der Waals surface area contributed by atoms with Gasteiger partial charge in [-0.1, -0.05) is 12.1 Å². The predicted molar refractivity (Wildman–Crippen MR) is 64.1 cm³/mol. The maximum absolute atomic E-state index is 11.2. The third-order valence-electron chi connectivity index (χ3n) is 2.42. The summed E-state index contributed by atoms with van der Waals surface area (Å²) in [4.78, 5) is -1.50. The van der Waals surface area contributed by atoms with Crippen molar-refractivity contribution in [1.82, 2.24) is 0 Å². The molecular formula is C10H7O7S2. The van der Waals surface area contributed by atoms with Gasteiger partial charge in [-0.2, -0.15) is 16.8 Å². The zero-order valence-electron chi connectivity index (χ0n) is 9.10. The first-order valence-electron chi connectivity index (χ1n) is 4.74. The van der Waals surface area contributed by atoms with E-state index in [-0.39, 0.29) is 5.39 Å². The molecule has 0 spiro atoms. The van der Waals surface area contributed by atoms with Crippen molar-refractivity contribution < 1.29 is 31.0 Å². The minimum atomic E-state index is -4.75. The smallest absolute Gasteiger partial charge is 0.295 e. The molecule has 2 aromatic rings. The molecule has 0 saturated carbocycles. The van der Waals surface area contributed by atoms with Crippen molar-refractivity contribution in [2.45, 2.75) is 9.79 Å². The minimum absolute atomic E-state index is 0.176. The van der Waals surface area contributed by atoms with E-state index in [4.69, 9.17) is 9.11 Å². The van der Waals surface area contributed by atoms with Crippen LogP contribution in [0.2, 0.25) is 0 Å². The Labute approximate surface area is 108 Å². The molecule has 1 radical (unpaired) electrons. The second-order valence-corrected chi connectivity index (χ2v) is 6.41. The highest BCUT2D eigenvalue weighted by atomic mass is 32.2. The lowest BCUT2D eigenvalue weighted by Gasteiger charge is -2.08. The van der Waals surface area contributed by atoms with Gasteiger partial charge in [-0.15, -0.1) is 0 Å². The van der Waals surface area contributed by atoms with E-state index in [1.54, 1.807) is 0 Å². The SMILES string of the molecule is O=S(=O)(O)c1c[c]c(O)c2cccc(S(=O)(=O)O)c12. The predicted octanol–water partition coefficient (Wildman–Crippen LogP) is 0.839.